The van der Waals surface area contributed by atoms with Crippen LogP contribution in [0, 0.1) is 0 Å². The van der Waals surface area contributed by atoms with Crippen molar-refractivity contribution in [2.24, 2.45) is 0 Å². The molecule has 0 N–H and O–H groups in total. The van der Waals surface area contributed by atoms with Gasteiger partial charge >= 0.3 is 0 Å². The number of tetrazole rings is 1. The SMILES string of the molecule is COc1cc(-c2cc(Cl)ccc2-n2cnnn2)ccn1. The summed E-state index contributed by atoms with van der Waals surface area (Å²) in [6.45, 7) is 0. The smallest absolute Gasteiger partial charge is 0.213 e. The zero-order valence-electron chi connectivity index (χ0n) is 10.6. The number of ether oxygens (including phenoxy) is 1. The Morgan fingerprint density at radius 2 is 2.10 bits per heavy atom. The van der Waals surface area contributed by atoms with Gasteiger partial charge in [0.1, 0.15) is 6.33 Å². The Labute approximate surface area is 120 Å². The van der Waals surface area contributed by atoms with E-state index in [9.17, 15) is 0 Å². The molecule has 2 aromatic heterocycles. The molecule has 0 bridgehead atoms. The van der Waals surface area contributed by atoms with E-state index in [1.165, 1.54) is 6.33 Å². The quantitative estimate of drug-likeness (QED) is 0.740. The number of benzene rings is 1. The summed E-state index contributed by atoms with van der Waals surface area (Å²) in [5, 5.41) is 11.8. The van der Waals surface area contributed by atoms with Crippen LogP contribution in [0.1, 0.15) is 0 Å². The molecule has 6 nitrogen and oxygen atoms in total. The minimum absolute atomic E-state index is 0.533. The molecule has 3 rings (SSSR count). The maximum Gasteiger partial charge on any atom is 0.213 e. The van der Waals surface area contributed by atoms with Crippen molar-refractivity contribution < 1.29 is 4.74 Å². The summed E-state index contributed by atoms with van der Waals surface area (Å²) in [5.74, 6) is 0.533. The number of nitrogens with zero attached hydrogens (tertiary/aromatic N) is 5. The molecular weight excluding hydrogens is 278 g/mol. The standard InChI is InChI=1S/C13H10ClN5O/c1-20-13-6-9(4-5-15-13)11-7-10(14)2-3-12(11)19-8-16-17-18-19/h2-8H,1H3. The Kier molecular flexibility index (Phi) is 3.30. The molecule has 0 aliphatic carbocycles. The van der Waals surface area contributed by atoms with Gasteiger partial charge in [-0.3, -0.25) is 0 Å². The van der Waals surface area contributed by atoms with Crippen LogP contribution in [0.2, 0.25) is 5.02 Å². The van der Waals surface area contributed by atoms with Gasteiger partial charge in [0.05, 0.1) is 12.8 Å². The van der Waals surface area contributed by atoms with Crippen molar-refractivity contribution in [3.63, 3.8) is 0 Å². The molecule has 100 valence electrons. The lowest BCUT2D eigenvalue weighted by Gasteiger charge is -2.10. The number of hydrogen-bond acceptors (Lipinski definition) is 5. The fourth-order valence-electron chi connectivity index (χ4n) is 1.90. The van der Waals surface area contributed by atoms with Gasteiger partial charge in [0.25, 0.3) is 0 Å². The third kappa shape index (κ3) is 2.33. The first-order valence-corrected chi connectivity index (χ1v) is 6.19. The van der Waals surface area contributed by atoms with Crippen molar-refractivity contribution in [1.82, 2.24) is 25.2 Å². The van der Waals surface area contributed by atoms with Crippen LogP contribution in [0.5, 0.6) is 5.88 Å². The zero-order valence-corrected chi connectivity index (χ0v) is 11.3. The highest BCUT2D eigenvalue weighted by molar-refractivity contribution is 6.31. The first kappa shape index (κ1) is 12.6. The van der Waals surface area contributed by atoms with Gasteiger partial charge in [-0.05, 0) is 40.3 Å². The summed E-state index contributed by atoms with van der Waals surface area (Å²) in [4.78, 5) is 4.10. The molecule has 0 unspecified atom stereocenters. The molecule has 0 spiro atoms. The van der Waals surface area contributed by atoms with E-state index in [2.05, 4.69) is 20.5 Å². The van der Waals surface area contributed by atoms with Gasteiger partial charge in [-0.1, -0.05) is 11.6 Å². The highest BCUT2D eigenvalue weighted by atomic mass is 35.5. The maximum absolute atomic E-state index is 6.09. The largest absolute Gasteiger partial charge is 0.481 e. The average Bonchev–Trinajstić information content (AvgIpc) is 3.01. The molecule has 0 saturated heterocycles. The number of halogens is 1. The minimum atomic E-state index is 0.533. The number of hydrogen-bond donors (Lipinski definition) is 0. The zero-order chi connectivity index (χ0) is 13.9. The first-order valence-electron chi connectivity index (χ1n) is 5.81. The average molecular weight is 288 g/mol. The molecule has 20 heavy (non-hydrogen) atoms. The fourth-order valence-corrected chi connectivity index (χ4v) is 2.07. The highest BCUT2D eigenvalue weighted by Crippen LogP contribution is 2.30. The molecule has 1 aromatic carbocycles. The van der Waals surface area contributed by atoms with E-state index < -0.39 is 0 Å². The molecule has 0 saturated carbocycles. The van der Waals surface area contributed by atoms with Crippen LogP contribution >= 0.6 is 11.6 Å². The molecule has 7 heteroatoms. The van der Waals surface area contributed by atoms with Gasteiger partial charge in [-0.2, -0.15) is 4.68 Å². The van der Waals surface area contributed by atoms with E-state index in [0.29, 0.717) is 10.9 Å². The Balaban J connectivity index is 2.19. The van der Waals surface area contributed by atoms with Crippen molar-refractivity contribution >= 4 is 11.6 Å². The summed E-state index contributed by atoms with van der Waals surface area (Å²) in [5.41, 5.74) is 2.64. The maximum atomic E-state index is 6.09. The van der Waals surface area contributed by atoms with E-state index in [1.54, 1.807) is 24.1 Å². The van der Waals surface area contributed by atoms with Crippen LogP contribution in [-0.2, 0) is 0 Å². The Hall–Kier alpha value is -2.47. The van der Waals surface area contributed by atoms with Gasteiger partial charge in [-0.25, -0.2) is 4.98 Å². The number of pyridine rings is 1. The third-order valence-corrected chi connectivity index (χ3v) is 3.04. The molecule has 0 fully saturated rings. The summed E-state index contributed by atoms with van der Waals surface area (Å²) in [7, 11) is 1.58. The number of aromatic nitrogens is 5. The summed E-state index contributed by atoms with van der Waals surface area (Å²) < 4.78 is 6.73. The molecule has 2 heterocycles. The van der Waals surface area contributed by atoms with Gasteiger partial charge in [0.15, 0.2) is 0 Å². The third-order valence-electron chi connectivity index (χ3n) is 2.81. The Morgan fingerprint density at radius 1 is 1.20 bits per heavy atom. The second kappa shape index (κ2) is 5.26. The summed E-state index contributed by atoms with van der Waals surface area (Å²) in [6.07, 6.45) is 3.21. The lowest BCUT2D eigenvalue weighted by molar-refractivity contribution is 0.398. The van der Waals surface area contributed by atoms with E-state index in [0.717, 1.165) is 16.8 Å². The van der Waals surface area contributed by atoms with Gasteiger partial charge < -0.3 is 4.74 Å². The fraction of sp³-hybridized carbons (Fsp3) is 0.0769. The molecular formula is C13H10ClN5O. The minimum Gasteiger partial charge on any atom is -0.481 e. The van der Waals surface area contributed by atoms with E-state index in [1.807, 2.05) is 24.3 Å². The van der Waals surface area contributed by atoms with Gasteiger partial charge in [0, 0.05) is 22.8 Å². The van der Waals surface area contributed by atoms with Crippen LogP contribution in [0.25, 0.3) is 16.8 Å². The topological polar surface area (TPSA) is 65.7 Å². The van der Waals surface area contributed by atoms with Crippen LogP contribution in [-0.4, -0.2) is 32.3 Å². The Morgan fingerprint density at radius 3 is 2.85 bits per heavy atom. The highest BCUT2D eigenvalue weighted by Gasteiger charge is 2.10. The van der Waals surface area contributed by atoms with Crippen molar-refractivity contribution in [2.75, 3.05) is 7.11 Å². The van der Waals surface area contributed by atoms with Crippen LogP contribution in [0.15, 0.2) is 42.9 Å². The summed E-state index contributed by atoms with van der Waals surface area (Å²) in [6, 6.07) is 9.22. The molecule has 0 aliphatic rings. The molecule has 0 aliphatic heterocycles. The molecule has 0 amide bonds. The van der Waals surface area contributed by atoms with Crippen LogP contribution < -0.4 is 4.74 Å². The normalized spacial score (nSPS) is 10.5. The predicted molar refractivity (Wildman–Crippen MR) is 73.9 cm³/mol. The monoisotopic (exact) mass is 287 g/mol. The number of methoxy groups -OCH3 is 1. The second-order valence-electron chi connectivity index (χ2n) is 4.00. The first-order chi connectivity index (χ1) is 9.78. The molecule has 0 atom stereocenters. The van der Waals surface area contributed by atoms with Gasteiger partial charge in [0.2, 0.25) is 5.88 Å². The number of rotatable bonds is 3. The van der Waals surface area contributed by atoms with Crippen molar-refractivity contribution in [3.8, 4) is 22.7 Å². The molecule has 0 radical (unpaired) electrons. The predicted octanol–water partition coefficient (Wildman–Crippen LogP) is 2.39. The van der Waals surface area contributed by atoms with Crippen molar-refractivity contribution in [2.45, 2.75) is 0 Å². The van der Waals surface area contributed by atoms with Crippen LogP contribution in [0.4, 0.5) is 0 Å². The van der Waals surface area contributed by atoms with Crippen LogP contribution in [0.3, 0.4) is 0 Å². The van der Waals surface area contributed by atoms with Crippen molar-refractivity contribution in [3.05, 3.63) is 47.9 Å². The van der Waals surface area contributed by atoms with E-state index >= 15 is 0 Å². The Bertz CT molecular complexity index is 729. The lowest BCUT2D eigenvalue weighted by Crippen LogP contribution is -1.98. The van der Waals surface area contributed by atoms with E-state index in [-0.39, 0.29) is 0 Å². The van der Waals surface area contributed by atoms with Crippen molar-refractivity contribution in [1.29, 1.82) is 0 Å². The van der Waals surface area contributed by atoms with Gasteiger partial charge in [-0.15, -0.1) is 5.10 Å². The second-order valence-corrected chi connectivity index (χ2v) is 4.44. The van der Waals surface area contributed by atoms with E-state index in [4.69, 9.17) is 16.3 Å². The lowest BCUT2D eigenvalue weighted by atomic mass is 10.0. The summed E-state index contributed by atoms with van der Waals surface area (Å²) >= 11 is 6.09. The molecule has 3 aromatic rings.